The third kappa shape index (κ3) is 4.82. The molecule has 0 unspecified atom stereocenters. The van der Waals surface area contributed by atoms with E-state index in [1.54, 1.807) is 0 Å². The van der Waals surface area contributed by atoms with Gasteiger partial charge in [0.15, 0.2) is 23.1 Å². The molecular weight excluding hydrogens is 339 g/mol. The van der Waals surface area contributed by atoms with Gasteiger partial charge in [0.05, 0.1) is 25.1 Å². The maximum atomic E-state index is 12.2. The number of phenols is 2. The van der Waals surface area contributed by atoms with Crippen molar-refractivity contribution in [1.82, 2.24) is 0 Å². The maximum Gasteiger partial charge on any atom is 1.00 e. The first kappa shape index (κ1) is 20.7. The Morgan fingerprint density at radius 3 is 2.16 bits per heavy atom. The number of carboxylic acid groups (broad SMARTS) is 1. The van der Waals surface area contributed by atoms with E-state index in [1.165, 1.54) is 19.2 Å². The van der Waals surface area contributed by atoms with Gasteiger partial charge in [-0.05, 0) is 42.0 Å². The minimum atomic E-state index is -1.50. The number of carboxylic acids is 1. The molecule has 0 spiro atoms. The number of hydrogen-bond donors (Lipinski definition) is 2. The fourth-order valence-electron chi connectivity index (χ4n) is 2.09. The van der Waals surface area contributed by atoms with Gasteiger partial charge in [-0.25, -0.2) is 0 Å². The smallest absolute Gasteiger partial charge is 0.545 e. The van der Waals surface area contributed by atoms with Crippen molar-refractivity contribution < 1.29 is 64.0 Å². The quantitative estimate of drug-likeness (QED) is 0.348. The zero-order valence-electron chi connectivity index (χ0n) is 13.6. The Morgan fingerprint density at radius 2 is 1.60 bits per heavy atom. The van der Waals surface area contributed by atoms with Crippen molar-refractivity contribution in [2.45, 2.75) is 6.42 Å². The van der Waals surface area contributed by atoms with E-state index in [0.29, 0.717) is 0 Å². The summed E-state index contributed by atoms with van der Waals surface area (Å²) in [6.45, 7) is 0. The van der Waals surface area contributed by atoms with Crippen molar-refractivity contribution in [1.29, 1.82) is 0 Å². The molecule has 0 saturated carbocycles. The van der Waals surface area contributed by atoms with E-state index in [1.807, 2.05) is 0 Å². The Labute approximate surface area is 165 Å². The molecule has 2 rings (SSSR count). The summed E-state index contributed by atoms with van der Waals surface area (Å²) in [7, 11) is 1.35. The van der Waals surface area contributed by atoms with Crippen LogP contribution < -0.4 is 39.4 Å². The Bertz CT molecular complexity index is 830. The van der Waals surface area contributed by atoms with Crippen molar-refractivity contribution in [3.63, 3.8) is 0 Å². The summed E-state index contributed by atoms with van der Waals surface area (Å²) in [5.74, 6) is -3.37. The second kappa shape index (κ2) is 8.66. The Kier molecular flexibility index (Phi) is 7.17. The predicted octanol–water partition coefficient (Wildman–Crippen LogP) is -2.07. The minimum Gasteiger partial charge on any atom is -0.545 e. The first-order valence-corrected chi connectivity index (χ1v) is 6.81. The van der Waals surface area contributed by atoms with Crippen LogP contribution in [0, 0.1) is 0 Å². The van der Waals surface area contributed by atoms with E-state index >= 15 is 0 Å². The molecule has 0 aliphatic carbocycles. The zero-order chi connectivity index (χ0) is 17.9. The van der Waals surface area contributed by atoms with Crippen LogP contribution >= 0.6 is 0 Å². The van der Waals surface area contributed by atoms with Crippen LogP contribution in [0.4, 0.5) is 0 Å². The number of aromatic hydroxyl groups is 2. The third-order valence-corrected chi connectivity index (χ3v) is 3.35. The molecular formula is C17H13NaO7. The molecule has 2 aromatic carbocycles. The maximum absolute atomic E-state index is 12.2. The van der Waals surface area contributed by atoms with Gasteiger partial charge < -0.3 is 24.9 Å². The number of carbonyl (C=O) groups excluding carboxylic acids is 3. The number of ether oxygens (including phenoxy) is 1. The molecule has 0 heterocycles. The zero-order valence-corrected chi connectivity index (χ0v) is 15.6. The molecule has 0 amide bonds. The molecule has 0 saturated heterocycles. The number of benzene rings is 2. The van der Waals surface area contributed by atoms with E-state index in [2.05, 4.69) is 0 Å². The number of phenolic OH excluding ortho intramolecular Hbond substituents is 2. The molecule has 124 valence electrons. The van der Waals surface area contributed by atoms with Gasteiger partial charge >= 0.3 is 29.6 Å². The average molecular weight is 352 g/mol. The third-order valence-electron chi connectivity index (χ3n) is 3.35. The van der Waals surface area contributed by atoms with Crippen molar-refractivity contribution in [3.05, 3.63) is 53.1 Å². The van der Waals surface area contributed by atoms with Crippen molar-refractivity contribution >= 4 is 17.5 Å². The first-order chi connectivity index (χ1) is 11.3. The van der Waals surface area contributed by atoms with E-state index in [-0.39, 0.29) is 57.7 Å². The fraction of sp³-hybridized carbons (Fsp3) is 0.118. The molecule has 2 N–H and O–H groups in total. The van der Waals surface area contributed by atoms with Crippen LogP contribution in [0.3, 0.4) is 0 Å². The molecule has 0 aliphatic heterocycles. The van der Waals surface area contributed by atoms with Crippen LogP contribution in [0.5, 0.6) is 17.2 Å². The van der Waals surface area contributed by atoms with Gasteiger partial charge in [0.25, 0.3) is 0 Å². The SMILES string of the molecule is COc1ccc(C(=O)CC(=O)c2cc(C(=O)[O-])ccc2O)cc1O.[Na+]. The summed E-state index contributed by atoms with van der Waals surface area (Å²) in [6, 6.07) is 7.00. The van der Waals surface area contributed by atoms with E-state index in [4.69, 9.17) is 4.74 Å². The van der Waals surface area contributed by atoms with Gasteiger partial charge in [-0.3, -0.25) is 9.59 Å². The molecule has 7 nitrogen and oxygen atoms in total. The second-order valence-electron chi connectivity index (χ2n) is 4.93. The first-order valence-electron chi connectivity index (χ1n) is 6.81. The fourth-order valence-corrected chi connectivity index (χ4v) is 2.09. The van der Waals surface area contributed by atoms with Crippen molar-refractivity contribution in [2.24, 2.45) is 0 Å². The van der Waals surface area contributed by atoms with Crippen LogP contribution in [-0.2, 0) is 0 Å². The topological polar surface area (TPSA) is 124 Å². The van der Waals surface area contributed by atoms with Gasteiger partial charge in [0.2, 0.25) is 0 Å². The summed E-state index contributed by atoms with van der Waals surface area (Å²) >= 11 is 0. The van der Waals surface area contributed by atoms with Crippen LogP contribution in [0.25, 0.3) is 0 Å². The van der Waals surface area contributed by atoms with E-state index in [0.717, 1.165) is 24.3 Å². The molecule has 0 aliphatic rings. The molecule has 0 atom stereocenters. The summed E-state index contributed by atoms with van der Waals surface area (Å²) < 4.78 is 4.86. The molecule has 25 heavy (non-hydrogen) atoms. The van der Waals surface area contributed by atoms with E-state index in [9.17, 15) is 29.7 Å². The minimum absolute atomic E-state index is 0. The summed E-state index contributed by atoms with van der Waals surface area (Å²) in [6.07, 6.45) is -0.601. The molecule has 0 fully saturated rings. The Morgan fingerprint density at radius 1 is 0.960 bits per heavy atom. The number of carbonyl (C=O) groups is 3. The summed E-state index contributed by atoms with van der Waals surface area (Å²) in [5.41, 5.74) is -0.495. The number of ketones is 2. The molecule has 0 aromatic heterocycles. The normalized spacial score (nSPS) is 9.80. The van der Waals surface area contributed by atoms with Gasteiger partial charge in [-0.1, -0.05) is 0 Å². The standard InChI is InChI=1S/C17H14O7.Na/c1-24-16-5-3-9(7-15(16)21)13(19)8-14(20)11-6-10(17(22)23)2-4-12(11)18;/h2-7,18,21H,8H2,1H3,(H,22,23);/q;+1/p-1. The van der Waals surface area contributed by atoms with Gasteiger partial charge in [0, 0.05) is 5.56 Å². The second-order valence-corrected chi connectivity index (χ2v) is 4.93. The Hall–Kier alpha value is -2.35. The van der Waals surface area contributed by atoms with Crippen molar-refractivity contribution in [3.8, 4) is 17.2 Å². The van der Waals surface area contributed by atoms with Gasteiger partial charge in [0.1, 0.15) is 5.75 Å². The summed E-state index contributed by atoms with van der Waals surface area (Å²) in [5, 5.41) is 30.2. The number of hydrogen-bond acceptors (Lipinski definition) is 7. The molecule has 2 aromatic rings. The van der Waals surface area contributed by atoms with Crippen LogP contribution in [0.15, 0.2) is 36.4 Å². The molecule has 8 heteroatoms. The summed E-state index contributed by atoms with van der Waals surface area (Å²) in [4.78, 5) is 35.1. The van der Waals surface area contributed by atoms with Crippen LogP contribution in [-0.4, -0.2) is 34.9 Å². The molecule has 0 bridgehead atoms. The number of Topliss-reactive ketones (excluding diaryl/α,β-unsaturated/α-hetero) is 2. The average Bonchev–Trinajstić information content (AvgIpc) is 2.54. The number of rotatable bonds is 6. The predicted molar refractivity (Wildman–Crippen MR) is 80.4 cm³/mol. The van der Waals surface area contributed by atoms with E-state index < -0.39 is 29.7 Å². The monoisotopic (exact) mass is 352 g/mol. The van der Waals surface area contributed by atoms with Crippen LogP contribution in [0.2, 0.25) is 0 Å². The van der Waals surface area contributed by atoms with Crippen LogP contribution in [0.1, 0.15) is 37.5 Å². The van der Waals surface area contributed by atoms with Gasteiger partial charge in [-0.15, -0.1) is 0 Å². The Balaban J connectivity index is 0.00000312. The number of aromatic carboxylic acids is 1. The largest absolute Gasteiger partial charge is 1.00 e. The number of methoxy groups -OCH3 is 1. The van der Waals surface area contributed by atoms with Gasteiger partial charge in [-0.2, -0.15) is 0 Å². The van der Waals surface area contributed by atoms with Crippen molar-refractivity contribution in [2.75, 3.05) is 7.11 Å². The molecule has 0 radical (unpaired) electrons.